The average Bonchev–Trinajstić information content (AvgIpc) is 3.05. The summed E-state index contributed by atoms with van der Waals surface area (Å²) in [6.07, 6.45) is 0. The molecule has 2 rings (SSSR count). The number of thioether (sulfide) groups is 2. The van der Waals surface area contributed by atoms with Gasteiger partial charge in [-0.15, -0.1) is 23.5 Å². The Bertz CT molecular complexity index is 465. The molecule has 4 nitrogen and oxygen atoms in total. The highest BCUT2D eigenvalue weighted by atomic mass is 32.2. The standard InChI is InChI=1S/C15H22N2O2S2/c1-11(7-16-15(18)12-9-20-10-17-12)8-21-14-6-4-3-5-13(14)19-2/h3-6,11-12,17H,7-10H2,1-2H3,(H,16,18). The van der Waals surface area contributed by atoms with E-state index in [1.165, 1.54) is 0 Å². The van der Waals surface area contributed by atoms with E-state index < -0.39 is 0 Å². The third kappa shape index (κ3) is 5.13. The molecule has 0 aromatic heterocycles. The lowest BCUT2D eigenvalue weighted by atomic mass is 10.2. The van der Waals surface area contributed by atoms with Gasteiger partial charge in [0.25, 0.3) is 0 Å². The van der Waals surface area contributed by atoms with Gasteiger partial charge in [-0.2, -0.15) is 0 Å². The number of nitrogens with one attached hydrogen (secondary N) is 2. The van der Waals surface area contributed by atoms with E-state index in [2.05, 4.69) is 23.6 Å². The van der Waals surface area contributed by atoms with Crippen LogP contribution in [0.2, 0.25) is 0 Å². The highest BCUT2D eigenvalue weighted by Gasteiger charge is 2.22. The first-order chi connectivity index (χ1) is 10.2. The summed E-state index contributed by atoms with van der Waals surface area (Å²) in [7, 11) is 1.69. The molecule has 0 aliphatic carbocycles. The number of hydrogen-bond acceptors (Lipinski definition) is 5. The largest absolute Gasteiger partial charge is 0.496 e. The van der Waals surface area contributed by atoms with Gasteiger partial charge in [0.2, 0.25) is 5.91 Å². The molecular weight excluding hydrogens is 304 g/mol. The summed E-state index contributed by atoms with van der Waals surface area (Å²) in [5, 5.41) is 6.21. The lowest BCUT2D eigenvalue weighted by molar-refractivity contribution is -0.122. The van der Waals surface area contributed by atoms with Crippen molar-refractivity contribution in [1.29, 1.82) is 0 Å². The first kappa shape index (κ1) is 16.5. The van der Waals surface area contributed by atoms with Crippen molar-refractivity contribution in [3.05, 3.63) is 24.3 Å². The first-order valence-electron chi connectivity index (χ1n) is 7.05. The van der Waals surface area contributed by atoms with Gasteiger partial charge in [-0.05, 0) is 18.1 Å². The first-order valence-corrected chi connectivity index (χ1v) is 9.19. The molecule has 2 unspecified atom stereocenters. The monoisotopic (exact) mass is 326 g/mol. The summed E-state index contributed by atoms with van der Waals surface area (Å²) in [6.45, 7) is 2.86. The van der Waals surface area contributed by atoms with Crippen LogP contribution in [0.15, 0.2) is 29.2 Å². The number of methoxy groups -OCH3 is 1. The molecule has 1 aliphatic rings. The van der Waals surface area contributed by atoms with Gasteiger partial charge in [0, 0.05) is 28.8 Å². The number of para-hydroxylation sites is 1. The number of ether oxygens (including phenoxy) is 1. The number of carbonyl (C=O) groups is 1. The van der Waals surface area contributed by atoms with Gasteiger partial charge in [-0.3, -0.25) is 10.1 Å². The average molecular weight is 326 g/mol. The number of benzene rings is 1. The van der Waals surface area contributed by atoms with Crippen molar-refractivity contribution in [2.45, 2.75) is 17.9 Å². The van der Waals surface area contributed by atoms with Gasteiger partial charge >= 0.3 is 0 Å². The maximum absolute atomic E-state index is 11.9. The topological polar surface area (TPSA) is 50.4 Å². The van der Waals surface area contributed by atoms with E-state index in [0.717, 1.165) is 28.0 Å². The Morgan fingerprint density at radius 2 is 2.38 bits per heavy atom. The maximum atomic E-state index is 11.9. The van der Waals surface area contributed by atoms with Crippen LogP contribution in [-0.2, 0) is 4.79 Å². The molecule has 0 spiro atoms. The highest BCUT2D eigenvalue weighted by molar-refractivity contribution is 7.99. The maximum Gasteiger partial charge on any atom is 0.238 e. The number of hydrogen-bond donors (Lipinski definition) is 2. The van der Waals surface area contributed by atoms with Gasteiger partial charge in [0.05, 0.1) is 13.2 Å². The minimum atomic E-state index is -0.0240. The van der Waals surface area contributed by atoms with Gasteiger partial charge in [-0.1, -0.05) is 19.1 Å². The van der Waals surface area contributed by atoms with Gasteiger partial charge in [0.1, 0.15) is 5.75 Å². The molecule has 2 atom stereocenters. The minimum Gasteiger partial charge on any atom is -0.496 e. The molecule has 2 N–H and O–H groups in total. The van der Waals surface area contributed by atoms with Crippen molar-refractivity contribution in [3.8, 4) is 5.75 Å². The number of rotatable bonds is 7. The SMILES string of the molecule is COc1ccccc1SCC(C)CNC(=O)C1CSCN1. The van der Waals surface area contributed by atoms with Crippen LogP contribution in [0.1, 0.15) is 6.92 Å². The van der Waals surface area contributed by atoms with E-state index in [1.807, 2.05) is 18.2 Å². The summed E-state index contributed by atoms with van der Waals surface area (Å²) >= 11 is 3.53. The minimum absolute atomic E-state index is 0.0240. The Kier molecular flexibility index (Phi) is 6.73. The van der Waals surface area contributed by atoms with Crippen LogP contribution in [0.3, 0.4) is 0 Å². The second-order valence-electron chi connectivity index (χ2n) is 5.08. The van der Waals surface area contributed by atoms with E-state index in [1.54, 1.807) is 30.6 Å². The quantitative estimate of drug-likeness (QED) is 0.752. The Morgan fingerprint density at radius 3 is 3.10 bits per heavy atom. The molecule has 1 aromatic carbocycles. The third-order valence-electron chi connectivity index (χ3n) is 3.25. The van der Waals surface area contributed by atoms with E-state index in [4.69, 9.17) is 4.74 Å². The van der Waals surface area contributed by atoms with Crippen LogP contribution in [-0.4, -0.2) is 43.0 Å². The zero-order valence-corrected chi connectivity index (χ0v) is 14.1. The Hall–Kier alpha value is -0.850. The van der Waals surface area contributed by atoms with E-state index in [9.17, 15) is 4.79 Å². The molecule has 1 amide bonds. The summed E-state index contributed by atoms with van der Waals surface area (Å²) in [5.41, 5.74) is 0. The number of carbonyl (C=O) groups excluding carboxylic acids is 1. The fraction of sp³-hybridized carbons (Fsp3) is 0.533. The van der Waals surface area contributed by atoms with Crippen LogP contribution >= 0.6 is 23.5 Å². The fourth-order valence-electron chi connectivity index (χ4n) is 1.99. The van der Waals surface area contributed by atoms with Crippen molar-refractivity contribution in [1.82, 2.24) is 10.6 Å². The molecule has 1 aromatic rings. The van der Waals surface area contributed by atoms with E-state index in [-0.39, 0.29) is 11.9 Å². The van der Waals surface area contributed by atoms with Crippen molar-refractivity contribution in [2.75, 3.05) is 31.0 Å². The zero-order valence-electron chi connectivity index (χ0n) is 12.4. The molecule has 0 saturated carbocycles. The molecule has 1 heterocycles. The third-order valence-corrected chi connectivity index (χ3v) is 5.57. The van der Waals surface area contributed by atoms with Crippen molar-refractivity contribution >= 4 is 29.4 Å². The van der Waals surface area contributed by atoms with Crippen LogP contribution in [0, 0.1) is 5.92 Å². The Balaban J connectivity index is 1.71. The van der Waals surface area contributed by atoms with E-state index in [0.29, 0.717) is 12.5 Å². The molecule has 0 bridgehead atoms. The summed E-state index contributed by atoms with van der Waals surface area (Å²) in [6, 6.07) is 8.00. The molecule has 1 saturated heterocycles. The predicted molar refractivity (Wildman–Crippen MR) is 90.1 cm³/mol. The van der Waals surface area contributed by atoms with Gasteiger partial charge < -0.3 is 10.1 Å². The second-order valence-corrected chi connectivity index (χ2v) is 7.18. The van der Waals surface area contributed by atoms with Crippen LogP contribution in [0.5, 0.6) is 5.75 Å². The Labute approximate surface area is 134 Å². The van der Waals surface area contributed by atoms with Crippen molar-refractivity contribution < 1.29 is 9.53 Å². The normalized spacial score (nSPS) is 19.2. The van der Waals surface area contributed by atoms with Gasteiger partial charge in [0.15, 0.2) is 0 Å². The van der Waals surface area contributed by atoms with Crippen LogP contribution in [0.4, 0.5) is 0 Å². The van der Waals surface area contributed by atoms with Crippen LogP contribution < -0.4 is 15.4 Å². The summed E-state index contributed by atoms with van der Waals surface area (Å²) < 4.78 is 5.34. The Morgan fingerprint density at radius 1 is 1.57 bits per heavy atom. The van der Waals surface area contributed by atoms with Gasteiger partial charge in [-0.25, -0.2) is 0 Å². The van der Waals surface area contributed by atoms with E-state index >= 15 is 0 Å². The molecule has 1 aliphatic heterocycles. The highest BCUT2D eigenvalue weighted by Crippen LogP contribution is 2.29. The molecule has 6 heteroatoms. The summed E-state index contributed by atoms with van der Waals surface area (Å²) in [4.78, 5) is 13.1. The zero-order chi connectivity index (χ0) is 15.1. The molecule has 1 fully saturated rings. The summed E-state index contributed by atoms with van der Waals surface area (Å²) in [5.74, 6) is 4.14. The molecular formula is C15H22N2O2S2. The molecule has 116 valence electrons. The predicted octanol–water partition coefficient (Wildman–Crippen LogP) is 2.20. The number of amides is 1. The lowest BCUT2D eigenvalue weighted by Crippen LogP contribution is -2.43. The second kappa shape index (κ2) is 8.56. The van der Waals surface area contributed by atoms with Crippen molar-refractivity contribution in [2.24, 2.45) is 5.92 Å². The van der Waals surface area contributed by atoms with Crippen molar-refractivity contribution in [3.63, 3.8) is 0 Å². The molecule has 0 radical (unpaired) electrons. The molecule has 21 heavy (non-hydrogen) atoms. The smallest absolute Gasteiger partial charge is 0.238 e. The fourth-order valence-corrected chi connectivity index (χ4v) is 3.98. The lowest BCUT2D eigenvalue weighted by Gasteiger charge is -2.15. The van der Waals surface area contributed by atoms with Crippen LogP contribution in [0.25, 0.3) is 0 Å².